The molecule has 2 aliphatic heterocycles. The van der Waals surface area contributed by atoms with E-state index in [4.69, 9.17) is 10.5 Å². The number of nitrogens with zero attached hydrogens (tertiary/aromatic N) is 1. The molecule has 0 saturated carbocycles. The van der Waals surface area contributed by atoms with E-state index in [2.05, 4.69) is 23.3 Å². The second-order valence-corrected chi connectivity index (χ2v) is 6.50. The molecule has 2 aliphatic rings. The van der Waals surface area contributed by atoms with E-state index in [1.54, 1.807) is 4.88 Å². The van der Waals surface area contributed by atoms with Gasteiger partial charge in [0.15, 0.2) is 0 Å². The predicted molar refractivity (Wildman–Crippen MR) is 75.0 cm³/mol. The molecule has 0 aromatic carbocycles. The van der Waals surface area contributed by atoms with Crippen LogP contribution in [0.5, 0.6) is 0 Å². The number of ether oxygens (including phenoxy) is 1. The molecule has 0 aliphatic carbocycles. The minimum Gasteiger partial charge on any atom is -0.379 e. The Bertz CT molecular complexity index is 412. The number of thiophene rings is 1. The molecule has 0 amide bonds. The molecule has 1 aromatic heterocycles. The maximum Gasteiger partial charge on any atom is 0.0663 e. The SMILES string of the molecule is CC1c2ccsc2CCN1C1(CN)CCCOC1. The molecule has 3 nitrogen and oxygen atoms in total. The van der Waals surface area contributed by atoms with Gasteiger partial charge in [-0.2, -0.15) is 0 Å². The van der Waals surface area contributed by atoms with Crippen LogP contribution >= 0.6 is 11.3 Å². The summed E-state index contributed by atoms with van der Waals surface area (Å²) < 4.78 is 5.73. The zero-order valence-electron chi connectivity index (χ0n) is 11.0. The molecule has 0 spiro atoms. The molecule has 3 rings (SSSR count). The van der Waals surface area contributed by atoms with Crippen LogP contribution in [0.1, 0.15) is 36.2 Å². The molecule has 18 heavy (non-hydrogen) atoms. The van der Waals surface area contributed by atoms with E-state index < -0.39 is 0 Å². The lowest BCUT2D eigenvalue weighted by Crippen LogP contribution is -2.60. The third-order valence-electron chi connectivity index (χ3n) is 4.57. The highest BCUT2D eigenvalue weighted by Gasteiger charge is 2.42. The van der Waals surface area contributed by atoms with Crippen molar-refractivity contribution in [3.8, 4) is 0 Å². The second-order valence-electron chi connectivity index (χ2n) is 5.50. The van der Waals surface area contributed by atoms with E-state index in [1.165, 1.54) is 18.4 Å². The van der Waals surface area contributed by atoms with Gasteiger partial charge in [0.25, 0.3) is 0 Å². The average molecular weight is 266 g/mol. The predicted octanol–water partition coefficient (Wildman–Crippen LogP) is 2.18. The van der Waals surface area contributed by atoms with Crippen molar-refractivity contribution in [2.45, 2.75) is 37.8 Å². The van der Waals surface area contributed by atoms with Crippen LogP contribution in [-0.2, 0) is 11.2 Å². The van der Waals surface area contributed by atoms with Crippen LogP contribution in [0.15, 0.2) is 11.4 Å². The van der Waals surface area contributed by atoms with Gasteiger partial charge < -0.3 is 10.5 Å². The molecule has 0 bridgehead atoms. The van der Waals surface area contributed by atoms with E-state index in [1.807, 2.05) is 11.3 Å². The van der Waals surface area contributed by atoms with Crippen molar-refractivity contribution in [3.05, 3.63) is 21.9 Å². The fourth-order valence-corrected chi connectivity index (χ4v) is 4.46. The first-order valence-corrected chi connectivity index (χ1v) is 7.76. The lowest BCUT2D eigenvalue weighted by Gasteiger charge is -2.50. The standard InChI is InChI=1S/C14H22N2OS/c1-11-12-4-8-18-13(12)3-6-16(11)14(9-15)5-2-7-17-10-14/h4,8,11H,2-3,5-7,9-10,15H2,1H3. The van der Waals surface area contributed by atoms with Crippen molar-refractivity contribution in [2.75, 3.05) is 26.3 Å². The summed E-state index contributed by atoms with van der Waals surface area (Å²) in [6, 6.07) is 2.76. The second kappa shape index (κ2) is 4.93. The molecule has 2 N–H and O–H groups in total. The van der Waals surface area contributed by atoms with E-state index in [9.17, 15) is 0 Å². The Hall–Kier alpha value is -0.420. The number of nitrogens with two attached hydrogens (primary N) is 1. The fraction of sp³-hybridized carbons (Fsp3) is 0.714. The van der Waals surface area contributed by atoms with Crippen LogP contribution in [0.3, 0.4) is 0 Å². The first-order valence-electron chi connectivity index (χ1n) is 6.88. The van der Waals surface area contributed by atoms with Gasteiger partial charge in [-0.3, -0.25) is 4.90 Å². The minimum absolute atomic E-state index is 0.0668. The maximum absolute atomic E-state index is 6.11. The Morgan fingerprint density at radius 2 is 2.50 bits per heavy atom. The van der Waals surface area contributed by atoms with Crippen LogP contribution in [0.25, 0.3) is 0 Å². The highest BCUT2D eigenvalue weighted by Crippen LogP contribution is 2.39. The zero-order valence-corrected chi connectivity index (χ0v) is 11.8. The highest BCUT2D eigenvalue weighted by atomic mass is 32.1. The van der Waals surface area contributed by atoms with Crippen molar-refractivity contribution in [3.63, 3.8) is 0 Å². The molecule has 1 fully saturated rings. The fourth-order valence-electron chi connectivity index (χ4n) is 3.50. The van der Waals surface area contributed by atoms with Crippen LogP contribution in [-0.4, -0.2) is 36.7 Å². The number of hydrogen-bond acceptors (Lipinski definition) is 4. The Kier molecular flexibility index (Phi) is 3.45. The first kappa shape index (κ1) is 12.6. The van der Waals surface area contributed by atoms with Crippen molar-refractivity contribution in [1.82, 2.24) is 4.90 Å². The van der Waals surface area contributed by atoms with Crippen LogP contribution in [0.4, 0.5) is 0 Å². The molecule has 3 heterocycles. The van der Waals surface area contributed by atoms with Gasteiger partial charge in [0.1, 0.15) is 0 Å². The molecule has 100 valence electrons. The van der Waals surface area contributed by atoms with Crippen LogP contribution in [0.2, 0.25) is 0 Å². The molecular weight excluding hydrogens is 244 g/mol. The zero-order chi connectivity index (χ0) is 12.6. The topological polar surface area (TPSA) is 38.5 Å². The van der Waals surface area contributed by atoms with E-state index in [-0.39, 0.29) is 5.54 Å². The summed E-state index contributed by atoms with van der Waals surface area (Å²) in [4.78, 5) is 4.16. The van der Waals surface area contributed by atoms with Crippen molar-refractivity contribution in [2.24, 2.45) is 5.73 Å². The van der Waals surface area contributed by atoms with Crippen LogP contribution in [0, 0.1) is 0 Å². The Balaban J connectivity index is 1.88. The van der Waals surface area contributed by atoms with Gasteiger partial charge in [-0.25, -0.2) is 0 Å². The summed E-state index contributed by atoms with van der Waals surface area (Å²) in [6.45, 7) is 5.84. The third-order valence-corrected chi connectivity index (χ3v) is 5.56. The van der Waals surface area contributed by atoms with E-state index in [0.29, 0.717) is 12.6 Å². The largest absolute Gasteiger partial charge is 0.379 e. The number of hydrogen-bond donors (Lipinski definition) is 1. The Morgan fingerprint density at radius 1 is 1.61 bits per heavy atom. The van der Waals surface area contributed by atoms with Crippen molar-refractivity contribution in [1.29, 1.82) is 0 Å². The lowest BCUT2D eigenvalue weighted by molar-refractivity contribution is -0.0636. The van der Waals surface area contributed by atoms with Gasteiger partial charge in [-0.05, 0) is 43.2 Å². The van der Waals surface area contributed by atoms with Gasteiger partial charge in [-0.15, -0.1) is 11.3 Å². The summed E-state index contributed by atoms with van der Waals surface area (Å²) >= 11 is 1.90. The maximum atomic E-state index is 6.11. The summed E-state index contributed by atoms with van der Waals surface area (Å²) in [5, 5.41) is 2.22. The molecule has 1 aromatic rings. The summed E-state index contributed by atoms with van der Waals surface area (Å²) in [6.07, 6.45) is 3.48. The third kappa shape index (κ3) is 1.92. The van der Waals surface area contributed by atoms with Crippen molar-refractivity contribution >= 4 is 11.3 Å². The van der Waals surface area contributed by atoms with Gasteiger partial charge in [0, 0.05) is 30.6 Å². The molecular formula is C14H22N2OS. The first-order chi connectivity index (χ1) is 8.77. The van der Waals surface area contributed by atoms with Gasteiger partial charge in [0.05, 0.1) is 12.1 Å². The smallest absolute Gasteiger partial charge is 0.0663 e. The molecule has 2 atom stereocenters. The highest BCUT2D eigenvalue weighted by molar-refractivity contribution is 7.10. The number of rotatable bonds is 2. The van der Waals surface area contributed by atoms with Crippen LogP contribution < -0.4 is 5.73 Å². The van der Waals surface area contributed by atoms with E-state index >= 15 is 0 Å². The van der Waals surface area contributed by atoms with Crippen molar-refractivity contribution < 1.29 is 4.74 Å². The normalized spacial score (nSPS) is 33.3. The minimum atomic E-state index is 0.0668. The monoisotopic (exact) mass is 266 g/mol. The average Bonchev–Trinajstić information content (AvgIpc) is 2.89. The molecule has 4 heteroatoms. The molecule has 0 radical (unpaired) electrons. The summed E-state index contributed by atoms with van der Waals surface area (Å²) in [5.41, 5.74) is 7.68. The summed E-state index contributed by atoms with van der Waals surface area (Å²) in [7, 11) is 0. The Labute approximate surface area is 113 Å². The quantitative estimate of drug-likeness (QED) is 0.891. The van der Waals surface area contributed by atoms with Gasteiger partial charge in [-0.1, -0.05) is 0 Å². The molecule has 1 saturated heterocycles. The summed E-state index contributed by atoms with van der Waals surface area (Å²) in [5.74, 6) is 0. The Morgan fingerprint density at radius 3 is 3.22 bits per heavy atom. The van der Waals surface area contributed by atoms with E-state index in [0.717, 1.165) is 26.2 Å². The molecule has 2 unspecified atom stereocenters. The van der Waals surface area contributed by atoms with Gasteiger partial charge in [0.2, 0.25) is 0 Å². The van der Waals surface area contributed by atoms with Gasteiger partial charge >= 0.3 is 0 Å². The lowest BCUT2D eigenvalue weighted by atomic mass is 9.86. The number of fused-ring (bicyclic) bond motifs is 1.